The molecule has 1 heterocycles. The van der Waals surface area contributed by atoms with E-state index >= 15 is 0 Å². The summed E-state index contributed by atoms with van der Waals surface area (Å²) in [5.41, 5.74) is 0.621. The molecule has 1 aliphatic heterocycles. The quantitative estimate of drug-likeness (QED) is 0.595. The van der Waals surface area contributed by atoms with E-state index < -0.39 is 15.9 Å². The highest BCUT2D eigenvalue weighted by atomic mass is 35.5. The van der Waals surface area contributed by atoms with Gasteiger partial charge in [-0.15, -0.1) is 0 Å². The van der Waals surface area contributed by atoms with Crippen molar-refractivity contribution in [3.05, 3.63) is 53.6 Å². The van der Waals surface area contributed by atoms with Gasteiger partial charge in [-0.05, 0) is 36.4 Å². The number of carbonyl (C=O) groups is 2. The number of hydrogen-bond donors (Lipinski definition) is 2. The fourth-order valence-electron chi connectivity index (χ4n) is 3.18. The molecule has 1 aliphatic rings. The molecular formula is C20H22ClN3O5S. The van der Waals surface area contributed by atoms with Crippen LogP contribution in [0.1, 0.15) is 6.42 Å². The molecular weight excluding hydrogens is 430 g/mol. The Balaban J connectivity index is 1.51. The van der Waals surface area contributed by atoms with Crippen molar-refractivity contribution in [2.45, 2.75) is 11.3 Å². The number of amides is 2. The highest BCUT2D eigenvalue weighted by Crippen LogP contribution is 2.32. The summed E-state index contributed by atoms with van der Waals surface area (Å²) >= 11 is 5.77. The minimum Gasteiger partial charge on any atom is -0.495 e. The zero-order chi connectivity index (χ0) is 21.7. The minimum atomic E-state index is -3.69. The van der Waals surface area contributed by atoms with Crippen LogP contribution in [-0.4, -0.2) is 47.0 Å². The van der Waals surface area contributed by atoms with E-state index in [0.717, 1.165) is 0 Å². The van der Waals surface area contributed by atoms with Crippen LogP contribution >= 0.6 is 11.6 Å². The van der Waals surface area contributed by atoms with Crippen LogP contribution in [0.15, 0.2) is 53.4 Å². The molecule has 160 valence electrons. The van der Waals surface area contributed by atoms with Gasteiger partial charge < -0.3 is 15.0 Å². The van der Waals surface area contributed by atoms with E-state index in [9.17, 15) is 18.0 Å². The lowest BCUT2D eigenvalue weighted by molar-refractivity contribution is -0.126. The van der Waals surface area contributed by atoms with Crippen LogP contribution in [0.5, 0.6) is 5.75 Å². The molecule has 0 aliphatic carbocycles. The van der Waals surface area contributed by atoms with Gasteiger partial charge >= 0.3 is 0 Å². The Kier molecular flexibility index (Phi) is 6.96. The maximum absolute atomic E-state index is 12.4. The summed E-state index contributed by atoms with van der Waals surface area (Å²) < 4.78 is 32.1. The Morgan fingerprint density at radius 3 is 2.57 bits per heavy atom. The van der Waals surface area contributed by atoms with Crippen molar-refractivity contribution in [3.8, 4) is 5.75 Å². The van der Waals surface area contributed by atoms with E-state index in [2.05, 4.69) is 10.0 Å². The van der Waals surface area contributed by atoms with Crippen LogP contribution in [0.2, 0.25) is 5.02 Å². The van der Waals surface area contributed by atoms with Crippen LogP contribution in [0.25, 0.3) is 0 Å². The van der Waals surface area contributed by atoms with Gasteiger partial charge in [0, 0.05) is 31.1 Å². The Bertz CT molecular complexity index is 1030. The Labute approximate surface area is 180 Å². The molecule has 1 unspecified atom stereocenters. The fraction of sp³-hybridized carbons (Fsp3) is 0.300. The Hall–Kier alpha value is -2.62. The van der Waals surface area contributed by atoms with E-state index in [-0.39, 0.29) is 42.8 Å². The first-order valence-electron chi connectivity index (χ1n) is 9.28. The molecule has 0 spiro atoms. The average Bonchev–Trinajstić information content (AvgIpc) is 3.13. The number of halogens is 1. The van der Waals surface area contributed by atoms with Crippen molar-refractivity contribution in [1.82, 2.24) is 10.0 Å². The lowest BCUT2D eigenvalue weighted by Crippen LogP contribution is -2.38. The summed E-state index contributed by atoms with van der Waals surface area (Å²) in [5.74, 6) is -0.423. The zero-order valence-electron chi connectivity index (χ0n) is 16.3. The summed E-state index contributed by atoms with van der Waals surface area (Å²) in [6, 6.07) is 12.9. The Morgan fingerprint density at radius 2 is 1.87 bits per heavy atom. The van der Waals surface area contributed by atoms with Crippen LogP contribution in [-0.2, 0) is 19.6 Å². The second-order valence-electron chi connectivity index (χ2n) is 6.72. The number of rotatable bonds is 8. The lowest BCUT2D eigenvalue weighted by Gasteiger charge is -2.19. The molecule has 0 radical (unpaired) electrons. The van der Waals surface area contributed by atoms with Gasteiger partial charge in [-0.1, -0.05) is 23.7 Å². The first-order chi connectivity index (χ1) is 14.3. The van der Waals surface area contributed by atoms with E-state index in [1.54, 1.807) is 24.3 Å². The van der Waals surface area contributed by atoms with Crippen LogP contribution < -0.4 is 19.7 Å². The van der Waals surface area contributed by atoms with E-state index in [1.165, 1.54) is 36.3 Å². The predicted molar refractivity (Wildman–Crippen MR) is 113 cm³/mol. The average molecular weight is 452 g/mol. The van der Waals surface area contributed by atoms with Crippen molar-refractivity contribution < 1.29 is 22.7 Å². The summed E-state index contributed by atoms with van der Waals surface area (Å²) in [5, 5.41) is 3.12. The molecule has 1 atom stereocenters. The van der Waals surface area contributed by atoms with Crippen LogP contribution in [0.3, 0.4) is 0 Å². The molecule has 1 fully saturated rings. The SMILES string of the molecule is COc1ccccc1N1CC(C(=O)NCCNS(=O)(=O)c2ccc(Cl)cc2)CC1=O. The summed E-state index contributed by atoms with van der Waals surface area (Å²) in [7, 11) is -2.17. The van der Waals surface area contributed by atoms with Gasteiger partial charge in [0.05, 0.1) is 23.6 Å². The van der Waals surface area contributed by atoms with Gasteiger partial charge in [0.15, 0.2) is 0 Å². The third kappa shape index (κ3) is 5.10. The van der Waals surface area contributed by atoms with Crippen molar-refractivity contribution in [3.63, 3.8) is 0 Å². The smallest absolute Gasteiger partial charge is 0.240 e. The summed E-state index contributed by atoms with van der Waals surface area (Å²) in [6.45, 7) is 0.361. The number of hydrogen-bond acceptors (Lipinski definition) is 5. The monoisotopic (exact) mass is 451 g/mol. The number of nitrogens with one attached hydrogen (secondary N) is 2. The predicted octanol–water partition coefficient (Wildman–Crippen LogP) is 1.80. The number of benzene rings is 2. The van der Waals surface area contributed by atoms with Gasteiger partial charge in [0.25, 0.3) is 0 Å². The highest BCUT2D eigenvalue weighted by molar-refractivity contribution is 7.89. The molecule has 1 saturated heterocycles. The van der Waals surface area contributed by atoms with Crippen molar-refractivity contribution in [2.24, 2.45) is 5.92 Å². The molecule has 0 bridgehead atoms. The van der Waals surface area contributed by atoms with Crippen LogP contribution in [0, 0.1) is 5.92 Å². The molecule has 30 heavy (non-hydrogen) atoms. The molecule has 8 nitrogen and oxygen atoms in total. The van der Waals surface area contributed by atoms with E-state index in [0.29, 0.717) is 16.5 Å². The van der Waals surface area contributed by atoms with Gasteiger partial charge in [-0.25, -0.2) is 13.1 Å². The zero-order valence-corrected chi connectivity index (χ0v) is 17.9. The summed E-state index contributed by atoms with van der Waals surface area (Å²) in [4.78, 5) is 26.5. The first-order valence-corrected chi connectivity index (χ1v) is 11.1. The number of sulfonamides is 1. The highest BCUT2D eigenvalue weighted by Gasteiger charge is 2.36. The number of nitrogens with zero attached hydrogens (tertiary/aromatic N) is 1. The van der Waals surface area contributed by atoms with Crippen molar-refractivity contribution in [1.29, 1.82) is 0 Å². The number of carbonyl (C=O) groups excluding carboxylic acids is 2. The van der Waals surface area contributed by atoms with Gasteiger partial charge in [-0.3, -0.25) is 9.59 Å². The second-order valence-corrected chi connectivity index (χ2v) is 8.92. The maximum Gasteiger partial charge on any atom is 0.240 e. The number of ether oxygens (including phenoxy) is 1. The van der Waals surface area contributed by atoms with Crippen LogP contribution in [0.4, 0.5) is 5.69 Å². The number of methoxy groups -OCH3 is 1. The first kappa shape index (κ1) is 22.1. The van der Waals surface area contributed by atoms with Crippen molar-refractivity contribution in [2.75, 3.05) is 31.6 Å². The minimum absolute atomic E-state index is 0.0214. The molecule has 0 saturated carbocycles. The van der Waals surface area contributed by atoms with Gasteiger partial charge in [0.1, 0.15) is 5.75 Å². The van der Waals surface area contributed by atoms with E-state index in [1.807, 2.05) is 0 Å². The largest absolute Gasteiger partial charge is 0.495 e. The van der Waals surface area contributed by atoms with Gasteiger partial charge in [0.2, 0.25) is 21.8 Å². The molecule has 2 aromatic carbocycles. The Morgan fingerprint density at radius 1 is 1.17 bits per heavy atom. The molecule has 3 rings (SSSR count). The lowest BCUT2D eigenvalue weighted by atomic mass is 10.1. The number of anilines is 1. The topological polar surface area (TPSA) is 105 Å². The molecule has 0 aromatic heterocycles. The fourth-order valence-corrected chi connectivity index (χ4v) is 4.34. The second kappa shape index (κ2) is 9.46. The molecule has 2 N–H and O–H groups in total. The molecule has 10 heteroatoms. The third-order valence-corrected chi connectivity index (χ3v) is 6.44. The maximum atomic E-state index is 12.4. The standard InChI is InChI=1S/C20H22ClN3O5S/c1-29-18-5-3-2-4-17(18)24-13-14(12-19(24)25)20(26)22-10-11-23-30(27,28)16-8-6-15(21)7-9-16/h2-9,14,23H,10-13H2,1H3,(H,22,26). The summed E-state index contributed by atoms with van der Waals surface area (Å²) in [6.07, 6.45) is 0.0837. The number of para-hydroxylation sites is 2. The van der Waals surface area contributed by atoms with Crippen molar-refractivity contribution >= 4 is 39.1 Å². The van der Waals surface area contributed by atoms with Gasteiger partial charge in [-0.2, -0.15) is 0 Å². The molecule has 2 amide bonds. The van der Waals surface area contributed by atoms with E-state index in [4.69, 9.17) is 16.3 Å². The normalized spacial score (nSPS) is 16.5. The third-order valence-electron chi connectivity index (χ3n) is 4.71. The molecule has 2 aromatic rings.